The first-order valence-electron chi connectivity index (χ1n) is 25.0. The summed E-state index contributed by atoms with van der Waals surface area (Å²) in [5, 5.41) is 31.7. The fourth-order valence-corrected chi connectivity index (χ4v) is 7.65. The summed E-state index contributed by atoms with van der Waals surface area (Å²) in [6.45, 7) is 2.33. The minimum absolute atomic E-state index is 0.307. The maximum absolute atomic E-state index is 12.3. The Morgan fingerprint density at radius 2 is 0.772 bits per heavy atom. The van der Waals surface area contributed by atoms with Gasteiger partial charge in [0, 0.05) is 12.7 Å². The Kier molecular flexibility index (Phi) is 47.2. The zero-order chi connectivity index (χ0) is 41.4. The third-order valence-corrected chi connectivity index (χ3v) is 11.5. The Balaban J connectivity index is 3.61. The fraction of sp³-hybridized carbons (Fsp3) is 0.827. The molecule has 0 aliphatic rings. The van der Waals surface area contributed by atoms with Crippen LogP contribution >= 0.6 is 0 Å². The van der Waals surface area contributed by atoms with Crippen LogP contribution in [0.4, 0.5) is 0 Å². The molecule has 1 amide bonds. The highest BCUT2D eigenvalue weighted by atomic mass is 16.3. The molecular weight excluding hydrogens is 703 g/mol. The predicted molar refractivity (Wildman–Crippen MR) is 250 cm³/mol. The van der Waals surface area contributed by atoms with Crippen molar-refractivity contribution < 1.29 is 20.1 Å². The fourth-order valence-electron chi connectivity index (χ4n) is 7.65. The molecule has 0 aromatic heterocycles. The molecular formula is C52H97NO4. The second-order valence-electron chi connectivity index (χ2n) is 17.1. The molecule has 0 bridgehead atoms. The van der Waals surface area contributed by atoms with Crippen molar-refractivity contribution in [3.8, 4) is 0 Å². The lowest BCUT2D eigenvalue weighted by atomic mass is 10.0. The van der Waals surface area contributed by atoms with E-state index in [1.807, 2.05) is 24.3 Å². The van der Waals surface area contributed by atoms with Crippen LogP contribution in [0.3, 0.4) is 0 Å². The van der Waals surface area contributed by atoms with Crippen LogP contribution in [0, 0.1) is 0 Å². The Morgan fingerprint density at radius 1 is 0.439 bits per heavy atom. The number of hydrogen-bond acceptors (Lipinski definition) is 4. The second kappa shape index (κ2) is 48.7. The molecule has 334 valence electrons. The van der Waals surface area contributed by atoms with Gasteiger partial charge in [0.2, 0.25) is 5.91 Å². The molecule has 5 heteroatoms. The van der Waals surface area contributed by atoms with Gasteiger partial charge in [0.1, 0.15) is 0 Å². The van der Waals surface area contributed by atoms with Gasteiger partial charge < -0.3 is 20.6 Å². The number of unbranched alkanes of at least 4 members (excludes halogenated alkanes) is 36. The Bertz CT molecular complexity index is 912. The van der Waals surface area contributed by atoms with Crippen LogP contribution in [0.5, 0.6) is 0 Å². The van der Waals surface area contributed by atoms with E-state index < -0.39 is 12.1 Å². The highest BCUT2D eigenvalue weighted by molar-refractivity contribution is 5.88. The second-order valence-corrected chi connectivity index (χ2v) is 17.1. The third-order valence-electron chi connectivity index (χ3n) is 11.5. The molecule has 0 aliphatic heterocycles. The van der Waals surface area contributed by atoms with Crippen LogP contribution in [-0.2, 0) is 4.79 Å². The van der Waals surface area contributed by atoms with Crippen LogP contribution < -0.4 is 5.32 Å². The van der Waals surface area contributed by atoms with Gasteiger partial charge in [-0.15, -0.1) is 0 Å². The molecule has 2 unspecified atom stereocenters. The van der Waals surface area contributed by atoms with Gasteiger partial charge >= 0.3 is 0 Å². The van der Waals surface area contributed by atoms with Crippen LogP contribution in [0.2, 0.25) is 0 Å². The standard InChI is InChI=1S/C52H97NO4/c1-2-3-4-5-6-7-8-9-10-22-25-28-31-34-37-40-43-46-51(56)50(49-55)53-52(57)47-44-41-38-35-32-29-26-23-20-18-16-14-12-11-13-15-17-19-21-24-27-30-33-36-39-42-45-48-54/h32,35,38,41,43-44,46-47,50-51,54-56H,2-31,33-34,36-37,39-40,42,45,48-49H2,1H3,(H,53,57). The number of carbonyl (C=O) groups is 1. The Hall–Kier alpha value is -1.69. The number of aliphatic hydroxyl groups excluding tert-OH is 3. The molecule has 4 N–H and O–H groups in total. The Morgan fingerprint density at radius 3 is 1.14 bits per heavy atom. The topological polar surface area (TPSA) is 89.8 Å². The lowest BCUT2D eigenvalue weighted by Crippen LogP contribution is -2.44. The molecule has 0 saturated carbocycles. The van der Waals surface area contributed by atoms with Gasteiger partial charge in [-0.2, -0.15) is 0 Å². The van der Waals surface area contributed by atoms with Crippen molar-refractivity contribution in [3.05, 3.63) is 48.6 Å². The first-order chi connectivity index (χ1) is 28.2. The minimum Gasteiger partial charge on any atom is -0.396 e. The maximum Gasteiger partial charge on any atom is 0.244 e. The monoisotopic (exact) mass is 800 g/mol. The van der Waals surface area contributed by atoms with E-state index in [1.54, 1.807) is 12.2 Å². The van der Waals surface area contributed by atoms with Gasteiger partial charge in [-0.3, -0.25) is 4.79 Å². The van der Waals surface area contributed by atoms with E-state index in [9.17, 15) is 15.0 Å². The molecule has 57 heavy (non-hydrogen) atoms. The summed E-state index contributed by atoms with van der Waals surface area (Å²) < 4.78 is 0. The minimum atomic E-state index is -0.901. The smallest absolute Gasteiger partial charge is 0.244 e. The van der Waals surface area contributed by atoms with Crippen molar-refractivity contribution in [3.63, 3.8) is 0 Å². The number of amides is 1. The lowest BCUT2D eigenvalue weighted by Gasteiger charge is -2.18. The normalized spacial score (nSPS) is 13.3. The van der Waals surface area contributed by atoms with Crippen molar-refractivity contribution in [1.82, 2.24) is 5.32 Å². The van der Waals surface area contributed by atoms with E-state index >= 15 is 0 Å². The van der Waals surface area contributed by atoms with Gasteiger partial charge in [-0.25, -0.2) is 0 Å². The van der Waals surface area contributed by atoms with Gasteiger partial charge in [0.05, 0.1) is 18.8 Å². The molecule has 0 aliphatic carbocycles. The molecule has 0 aromatic carbocycles. The first-order valence-corrected chi connectivity index (χ1v) is 25.0. The summed E-state index contributed by atoms with van der Waals surface area (Å²) in [5.74, 6) is -0.317. The van der Waals surface area contributed by atoms with Crippen LogP contribution in [0.15, 0.2) is 48.6 Å². The van der Waals surface area contributed by atoms with Crippen molar-refractivity contribution in [2.24, 2.45) is 0 Å². The quantitative estimate of drug-likeness (QED) is 0.0214. The summed E-state index contributed by atoms with van der Waals surface area (Å²) in [4.78, 5) is 12.3. The number of rotatable bonds is 46. The highest BCUT2D eigenvalue weighted by Gasteiger charge is 2.16. The van der Waals surface area contributed by atoms with Gasteiger partial charge in [0.15, 0.2) is 0 Å². The summed E-state index contributed by atoms with van der Waals surface area (Å²) >= 11 is 0. The molecule has 0 heterocycles. The Labute approximate surface area is 355 Å². The van der Waals surface area contributed by atoms with Crippen molar-refractivity contribution >= 4 is 5.91 Å². The molecule has 0 saturated heterocycles. The van der Waals surface area contributed by atoms with Crippen molar-refractivity contribution in [1.29, 1.82) is 0 Å². The average Bonchev–Trinajstić information content (AvgIpc) is 3.22. The third kappa shape index (κ3) is 45.2. The van der Waals surface area contributed by atoms with Crippen molar-refractivity contribution in [2.75, 3.05) is 13.2 Å². The predicted octanol–water partition coefficient (Wildman–Crippen LogP) is 14.9. The molecule has 0 fully saturated rings. The zero-order valence-electron chi connectivity index (χ0n) is 37.8. The van der Waals surface area contributed by atoms with E-state index in [0.717, 1.165) is 25.7 Å². The SMILES string of the molecule is CCCCCCCCCCCCCCCCCC=CC(O)C(CO)NC(=O)C=CC=CC=CCCCCCCCCCCCCCCCCCCCCCCCO. The van der Waals surface area contributed by atoms with E-state index in [2.05, 4.69) is 18.3 Å². The van der Waals surface area contributed by atoms with Crippen LogP contribution in [-0.4, -0.2) is 46.6 Å². The molecule has 2 atom stereocenters. The van der Waals surface area contributed by atoms with E-state index in [1.165, 1.54) is 224 Å². The number of nitrogens with one attached hydrogen (secondary N) is 1. The number of carbonyl (C=O) groups excluding carboxylic acids is 1. The maximum atomic E-state index is 12.3. The largest absolute Gasteiger partial charge is 0.396 e. The molecule has 5 nitrogen and oxygen atoms in total. The van der Waals surface area contributed by atoms with E-state index in [4.69, 9.17) is 5.11 Å². The summed E-state index contributed by atoms with van der Waals surface area (Å²) in [7, 11) is 0. The van der Waals surface area contributed by atoms with Gasteiger partial charge in [0.25, 0.3) is 0 Å². The number of hydrogen-bond donors (Lipinski definition) is 4. The summed E-state index contributed by atoms with van der Waals surface area (Å²) in [6, 6.07) is -0.710. The summed E-state index contributed by atoms with van der Waals surface area (Å²) in [6.07, 6.45) is 64.6. The number of allylic oxidation sites excluding steroid dienone is 6. The highest BCUT2D eigenvalue weighted by Crippen LogP contribution is 2.16. The molecule has 0 rings (SSSR count). The van der Waals surface area contributed by atoms with E-state index in [-0.39, 0.29) is 12.5 Å². The van der Waals surface area contributed by atoms with Gasteiger partial charge in [-0.05, 0) is 32.1 Å². The summed E-state index contributed by atoms with van der Waals surface area (Å²) in [5.41, 5.74) is 0. The van der Waals surface area contributed by atoms with Crippen LogP contribution in [0.1, 0.15) is 251 Å². The van der Waals surface area contributed by atoms with Crippen LogP contribution in [0.25, 0.3) is 0 Å². The van der Waals surface area contributed by atoms with Gasteiger partial charge in [-0.1, -0.05) is 261 Å². The molecule has 0 aromatic rings. The zero-order valence-corrected chi connectivity index (χ0v) is 37.8. The first kappa shape index (κ1) is 55.3. The molecule has 0 spiro atoms. The van der Waals surface area contributed by atoms with E-state index in [0.29, 0.717) is 6.61 Å². The lowest BCUT2D eigenvalue weighted by molar-refractivity contribution is -0.118. The molecule has 0 radical (unpaired) electrons. The average molecular weight is 800 g/mol. The van der Waals surface area contributed by atoms with Crippen molar-refractivity contribution in [2.45, 2.75) is 263 Å². The number of aliphatic hydroxyl groups is 3.